The topological polar surface area (TPSA) is 86.6 Å². The van der Waals surface area contributed by atoms with Crippen LogP contribution in [0, 0.1) is 0 Å². The fourth-order valence-corrected chi connectivity index (χ4v) is 0. The van der Waals surface area contributed by atoms with Crippen molar-refractivity contribution in [2.45, 2.75) is 0 Å². The Labute approximate surface area is 51.9 Å². The molecule has 0 bridgehead atoms. The van der Waals surface area contributed by atoms with E-state index in [1.165, 1.54) is 0 Å². The summed E-state index contributed by atoms with van der Waals surface area (Å²) in [5, 5.41) is 0. The lowest BCUT2D eigenvalue weighted by Crippen LogP contribution is -3.98. The second-order valence-corrected chi connectivity index (χ2v) is 1.35. The lowest BCUT2D eigenvalue weighted by atomic mass is 16.0. The Bertz CT molecular complexity index is 12.3. The molecule has 0 amide bonds. The van der Waals surface area contributed by atoms with Crippen LogP contribution >= 0.6 is 16.3 Å². The van der Waals surface area contributed by atoms with E-state index in [4.69, 9.17) is 14.5 Å². The van der Waals surface area contributed by atoms with Gasteiger partial charge in [-0.05, 0) is 3.44 Å². The molecule has 4 nitrogen and oxygen atoms in total. The molecule has 0 heterocycles. The number of halogens is 2. The molecule has 0 aromatic heterocycles. The van der Waals surface area contributed by atoms with Gasteiger partial charge in [-0.15, -0.1) is 0 Å². The standard InChI is InChI=1S/BrHO.HIO3/c1-2;2-1(3)4/h2H;2H. The Morgan fingerprint density at radius 3 is 1.33 bits per heavy atom. The molecule has 0 saturated heterocycles. The van der Waals surface area contributed by atoms with Gasteiger partial charge in [0.15, 0.2) is 0 Å². The summed E-state index contributed by atoms with van der Waals surface area (Å²) in [5.74, 6) is 0. The van der Waals surface area contributed by atoms with Crippen LogP contribution in [0.5, 0.6) is 0 Å². The van der Waals surface area contributed by atoms with Crippen LogP contribution in [0.4, 0.5) is 0 Å². The average Bonchev–Trinajstić information content (AvgIpc) is 1.41. The minimum Gasteiger partial charge on any atom is -0.396 e. The summed E-state index contributed by atoms with van der Waals surface area (Å²) in [6.45, 7) is 0. The van der Waals surface area contributed by atoms with Crippen molar-refractivity contribution in [2.75, 3.05) is 0 Å². The molecule has 0 fully saturated rings. The first-order valence-electron chi connectivity index (χ1n) is 0.647. The van der Waals surface area contributed by atoms with Gasteiger partial charge in [0.2, 0.25) is 0 Å². The third-order valence-corrected chi connectivity index (χ3v) is 0. The van der Waals surface area contributed by atoms with Crippen molar-refractivity contribution in [1.29, 1.82) is 0 Å². The first-order valence-corrected chi connectivity index (χ1v) is 4.08. The second-order valence-electron chi connectivity index (χ2n) is 0.201. The predicted molar refractivity (Wildman–Crippen MR) is 13.4 cm³/mol. The molecule has 0 unspecified atom stereocenters. The van der Waals surface area contributed by atoms with Crippen LogP contribution < -0.4 is 27.9 Å². The first kappa shape index (κ1) is 10.1. The van der Waals surface area contributed by atoms with Gasteiger partial charge in [-0.2, -0.15) is 0 Å². The molecule has 6 heavy (non-hydrogen) atoms. The summed E-state index contributed by atoms with van der Waals surface area (Å²) >= 11 is -1.83. The van der Waals surface area contributed by atoms with Gasteiger partial charge in [-0.25, -0.2) is 0 Å². The molecule has 40 valence electrons. The molecule has 6 heteroatoms. The summed E-state index contributed by atoms with van der Waals surface area (Å²) in [6.07, 6.45) is 0. The third-order valence-electron chi connectivity index (χ3n) is 0. The van der Waals surface area contributed by atoms with Crippen molar-refractivity contribution in [3.8, 4) is 0 Å². The van der Waals surface area contributed by atoms with Crippen molar-refractivity contribution in [1.82, 2.24) is 0 Å². The smallest absolute Gasteiger partial charge is 0.396 e. The highest BCUT2D eigenvalue weighted by Crippen LogP contribution is 1.43. The van der Waals surface area contributed by atoms with E-state index in [9.17, 15) is 0 Å². The van der Waals surface area contributed by atoms with Crippen LogP contribution in [0.3, 0.4) is 0 Å². The minimum atomic E-state index is -3.76. The van der Waals surface area contributed by atoms with Gasteiger partial charge in [-0.1, -0.05) is 0 Å². The number of hydrogen-bond acceptors (Lipinski definition) is 4. The van der Waals surface area contributed by atoms with Crippen molar-refractivity contribution < 1.29 is 35.6 Å². The Balaban J connectivity index is 0. The Morgan fingerprint density at radius 1 is 1.33 bits per heavy atom. The van der Waals surface area contributed by atoms with Crippen LogP contribution in [-0.4, -0.2) is 7.63 Å². The van der Waals surface area contributed by atoms with Gasteiger partial charge in [0.25, 0.3) is 0 Å². The van der Waals surface area contributed by atoms with Crippen molar-refractivity contribution in [3.63, 3.8) is 0 Å². The molecular weight excluding hydrogens is 271 g/mol. The first-order chi connectivity index (χ1) is 2.73. The molecule has 0 aliphatic heterocycles. The van der Waals surface area contributed by atoms with Gasteiger partial charge in [-0.3, -0.25) is 0 Å². The molecule has 2 N–H and O–H groups in total. The Kier molecular flexibility index (Phi) is 15.9. The number of rotatable bonds is 0. The van der Waals surface area contributed by atoms with Gasteiger partial charge < -0.3 is 11.1 Å². The van der Waals surface area contributed by atoms with Crippen LogP contribution in [0.1, 0.15) is 0 Å². The van der Waals surface area contributed by atoms with E-state index in [2.05, 4.69) is 0 Å². The molecule has 0 saturated carbocycles. The quantitative estimate of drug-likeness (QED) is 0.431. The maximum atomic E-state index is 8.68. The molecule has 0 aromatic rings. The van der Waals surface area contributed by atoms with Crippen LogP contribution in [0.2, 0.25) is 0 Å². The SMILES string of the molecule is OBr.[O-][I+2]([O-])O. The number of hydrogen-bond donors (Lipinski definition) is 2. The second kappa shape index (κ2) is 9.41. The summed E-state index contributed by atoms with van der Waals surface area (Å²) in [5.41, 5.74) is 0. The Morgan fingerprint density at radius 2 is 1.33 bits per heavy atom. The summed E-state index contributed by atoms with van der Waals surface area (Å²) in [4.78, 5) is 0. The van der Waals surface area contributed by atoms with Crippen molar-refractivity contribution >= 4 is 16.3 Å². The zero-order valence-corrected chi connectivity index (χ0v) is 6.21. The Hall–Kier alpha value is 1.05. The van der Waals surface area contributed by atoms with Crippen molar-refractivity contribution in [2.24, 2.45) is 0 Å². The maximum Gasteiger partial charge on any atom is 0.503 e. The van der Waals surface area contributed by atoms with Gasteiger partial charge in [0, 0.05) is 0 Å². The van der Waals surface area contributed by atoms with Crippen LogP contribution in [-0.2, 0) is 0 Å². The van der Waals surface area contributed by atoms with Gasteiger partial charge in [0.1, 0.15) is 0 Å². The zero-order chi connectivity index (χ0) is 5.58. The molecule has 0 aromatic carbocycles. The minimum absolute atomic E-state index is 1.94. The van der Waals surface area contributed by atoms with E-state index in [0.717, 1.165) is 0 Å². The molecular formula is H2BrIO4. The highest BCUT2D eigenvalue weighted by molar-refractivity contribution is 9.05. The van der Waals surface area contributed by atoms with Crippen LogP contribution in [0.25, 0.3) is 0 Å². The van der Waals surface area contributed by atoms with E-state index < -0.39 is 21.1 Å². The molecule has 0 aliphatic rings. The fourth-order valence-electron chi connectivity index (χ4n) is 0. The summed E-state index contributed by atoms with van der Waals surface area (Å²) in [6, 6.07) is 0. The van der Waals surface area contributed by atoms with Gasteiger partial charge in [0.05, 0.1) is 16.3 Å². The third kappa shape index (κ3) is 75.1. The normalized spacial score (nSPS) is 7.00. The van der Waals surface area contributed by atoms with E-state index in [1.54, 1.807) is 0 Å². The molecule has 0 rings (SSSR count). The largest absolute Gasteiger partial charge is 0.503 e. The summed E-state index contributed by atoms with van der Waals surface area (Å²) in [7, 11) is 0. The van der Waals surface area contributed by atoms with E-state index in [1.807, 2.05) is 16.3 Å². The highest BCUT2D eigenvalue weighted by atomic mass is 127. The lowest BCUT2D eigenvalue weighted by molar-refractivity contribution is -1.63. The van der Waals surface area contributed by atoms with E-state index in [-0.39, 0.29) is 0 Å². The molecule has 0 spiro atoms. The fraction of sp³-hybridized carbons (Fsp3) is 0. The molecule has 0 radical (unpaired) electrons. The molecule has 0 aliphatic carbocycles. The van der Waals surface area contributed by atoms with E-state index in [0.29, 0.717) is 0 Å². The van der Waals surface area contributed by atoms with Crippen molar-refractivity contribution in [3.05, 3.63) is 0 Å². The highest BCUT2D eigenvalue weighted by Gasteiger charge is 1.89. The lowest BCUT2D eigenvalue weighted by Gasteiger charge is -1.67. The predicted octanol–water partition coefficient (Wildman–Crippen LogP) is -5.64. The van der Waals surface area contributed by atoms with E-state index >= 15 is 0 Å². The monoisotopic (exact) mass is 272 g/mol. The maximum absolute atomic E-state index is 8.68. The summed E-state index contributed by atoms with van der Waals surface area (Å²) < 4.78 is 31.3. The van der Waals surface area contributed by atoms with Crippen LogP contribution in [0.15, 0.2) is 0 Å². The zero-order valence-electron chi connectivity index (χ0n) is 2.47. The molecule has 0 atom stereocenters. The average molecular weight is 273 g/mol. The van der Waals surface area contributed by atoms with Gasteiger partial charge >= 0.3 is 21.1 Å².